The Morgan fingerprint density at radius 1 is 1.10 bits per heavy atom. The second-order valence-electron chi connectivity index (χ2n) is 7.49. The summed E-state index contributed by atoms with van der Waals surface area (Å²) in [6.45, 7) is 1.35. The van der Waals surface area contributed by atoms with Gasteiger partial charge < -0.3 is 14.2 Å². The molecule has 2 aromatic carbocycles. The molecule has 0 bridgehead atoms. The van der Waals surface area contributed by atoms with Crippen LogP contribution in [0.3, 0.4) is 0 Å². The summed E-state index contributed by atoms with van der Waals surface area (Å²) in [7, 11) is 0. The van der Waals surface area contributed by atoms with E-state index < -0.39 is 0 Å². The summed E-state index contributed by atoms with van der Waals surface area (Å²) in [4.78, 5) is 18.8. The lowest BCUT2D eigenvalue weighted by molar-refractivity contribution is -0.129. The van der Waals surface area contributed by atoms with E-state index in [2.05, 4.69) is 10.1 Å². The van der Waals surface area contributed by atoms with Crippen LogP contribution in [-0.2, 0) is 11.2 Å². The number of carbonyl (C=O) groups is 1. The number of rotatable bonds is 6. The molecule has 0 radical (unpaired) electrons. The highest BCUT2D eigenvalue weighted by atomic mass is 32.1. The van der Waals surface area contributed by atoms with E-state index in [0.29, 0.717) is 24.7 Å². The molecule has 2 aromatic heterocycles. The van der Waals surface area contributed by atoms with Crippen LogP contribution >= 0.6 is 11.3 Å². The zero-order valence-electron chi connectivity index (χ0n) is 16.8. The Labute approximate surface area is 184 Å². The minimum absolute atomic E-state index is 0.00660. The van der Waals surface area contributed by atoms with Crippen LogP contribution in [0.25, 0.3) is 22.8 Å². The van der Waals surface area contributed by atoms with E-state index in [9.17, 15) is 4.79 Å². The summed E-state index contributed by atoms with van der Waals surface area (Å²) in [5, 5.41) is 8.11. The molecule has 6 nitrogen and oxygen atoms in total. The van der Waals surface area contributed by atoms with E-state index in [1.165, 1.54) is 0 Å². The second-order valence-corrected chi connectivity index (χ2v) is 8.27. The number of hydrogen-bond acceptors (Lipinski definition) is 6. The number of benzene rings is 2. The van der Waals surface area contributed by atoms with Crippen LogP contribution in [0.1, 0.15) is 12.0 Å². The van der Waals surface area contributed by atoms with Crippen LogP contribution in [0.2, 0.25) is 0 Å². The molecule has 0 N–H and O–H groups in total. The van der Waals surface area contributed by atoms with Gasteiger partial charge in [-0.15, -0.1) is 0 Å². The zero-order valence-corrected chi connectivity index (χ0v) is 17.6. The molecule has 31 heavy (non-hydrogen) atoms. The summed E-state index contributed by atoms with van der Waals surface area (Å²) in [5.41, 5.74) is 2.82. The van der Waals surface area contributed by atoms with Crippen molar-refractivity contribution in [3.63, 3.8) is 0 Å². The van der Waals surface area contributed by atoms with E-state index in [4.69, 9.17) is 9.26 Å². The number of carbonyl (C=O) groups excluding carboxylic acids is 1. The minimum atomic E-state index is 0.00660. The molecular formula is C24H21N3O3S. The molecule has 1 saturated heterocycles. The molecule has 4 aromatic rings. The van der Waals surface area contributed by atoms with Gasteiger partial charge in [-0.25, -0.2) is 0 Å². The molecule has 1 fully saturated rings. The quantitative estimate of drug-likeness (QED) is 0.443. The first-order valence-electron chi connectivity index (χ1n) is 10.2. The van der Waals surface area contributed by atoms with E-state index >= 15 is 0 Å². The van der Waals surface area contributed by atoms with E-state index in [1.54, 1.807) is 11.3 Å². The molecule has 1 atom stereocenters. The molecule has 0 saturated carbocycles. The molecule has 7 heteroatoms. The molecule has 5 rings (SSSR count). The molecule has 1 aliphatic rings. The lowest BCUT2D eigenvalue weighted by Gasteiger charge is -2.17. The van der Waals surface area contributed by atoms with Gasteiger partial charge in [0.2, 0.25) is 11.7 Å². The maximum absolute atomic E-state index is 12.5. The first-order chi connectivity index (χ1) is 15.2. The number of nitrogens with zero attached hydrogens (tertiary/aromatic N) is 3. The van der Waals surface area contributed by atoms with Gasteiger partial charge in [0.15, 0.2) is 0 Å². The topological polar surface area (TPSA) is 68.5 Å². The molecule has 0 aliphatic carbocycles. The Bertz CT molecular complexity index is 1140. The summed E-state index contributed by atoms with van der Waals surface area (Å²) < 4.78 is 11.5. The number of aromatic nitrogens is 2. The van der Waals surface area contributed by atoms with Crippen molar-refractivity contribution in [3.8, 4) is 28.6 Å². The summed E-state index contributed by atoms with van der Waals surface area (Å²) in [6.07, 6.45) is 1.30. The van der Waals surface area contributed by atoms with Crippen molar-refractivity contribution >= 4 is 17.2 Å². The van der Waals surface area contributed by atoms with Crippen LogP contribution in [0.4, 0.5) is 0 Å². The normalized spacial score (nSPS) is 15.9. The first-order valence-corrected chi connectivity index (χ1v) is 11.1. The molecular weight excluding hydrogens is 410 g/mol. The Hall–Kier alpha value is -3.45. The van der Waals surface area contributed by atoms with Crippen molar-refractivity contribution in [1.29, 1.82) is 0 Å². The van der Waals surface area contributed by atoms with Gasteiger partial charge in [0.05, 0.1) is 13.0 Å². The molecule has 3 heterocycles. The van der Waals surface area contributed by atoms with Gasteiger partial charge >= 0.3 is 0 Å². The highest BCUT2D eigenvalue weighted by Crippen LogP contribution is 2.25. The maximum atomic E-state index is 12.5. The van der Waals surface area contributed by atoms with Crippen molar-refractivity contribution in [2.75, 3.05) is 13.1 Å². The maximum Gasteiger partial charge on any atom is 0.258 e. The number of hydrogen-bond donors (Lipinski definition) is 0. The number of likely N-dealkylation sites (tertiary alicyclic amines) is 1. The van der Waals surface area contributed by atoms with Crippen molar-refractivity contribution in [2.24, 2.45) is 0 Å². The van der Waals surface area contributed by atoms with Crippen LogP contribution in [0.15, 0.2) is 75.9 Å². The Morgan fingerprint density at radius 3 is 2.71 bits per heavy atom. The Balaban J connectivity index is 1.18. The smallest absolute Gasteiger partial charge is 0.258 e. The van der Waals surface area contributed by atoms with Crippen molar-refractivity contribution in [2.45, 2.75) is 18.9 Å². The van der Waals surface area contributed by atoms with Crippen LogP contribution < -0.4 is 4.74 Å². The number of ether oxygens (including phenoxy) is 1. The van der Waals surface area contributed by atoms with E-state index in [1.807, 2.05) is 76.3 Å². The van der Waals surface area contributed by atoms with Gasteiger partial charge in [-0.3, -0.25) is 4.79 Å². The highest BCUT2D eigenvalue weighted by molar-refractivity contribution is 7.08. The van der Waals surface area contributed by atoms with E-state index in [0.717, 1.165) is 35.4 Å². The Morgan fingerprint density at radius 2 is 1.94 bits per heavy atom. The van der Waals surface area contributed by atoms with Gasteiger partial charge in [0.25, 0.3) is 5.89 Å². The third kappa shape index (κ3) is 4.51. The summed E-state index contributed by atoms with van der Waals surface area (Å²) in [6, 6.07) is 19.3. The zero-order chi connectivity index (χ0) is 21.0. The molecule has 156 valence electrons. The van der Waals surface area contributed by atoms with Crippen molar-refractivity contribution < 1.29 is 14.1 Å². The fraction of sp³-hybridized carbons (Fsp3) is 0.208. The molecule has 1 amide bonds. The van der Waals surface area contributed by atoms with Gasteiger partial charge in [0.1, 0.15) is 11.9 Å². The van der Waals surface area contributed by atoms with Crippen LogP contribution in [0, 0.1) is 0 Å². The average Bonchev–Trinajstić information content (AvgIpc) is 3.57. The van der Waals surface area contributed by atoms with Crippen LogP contribution in [0.5, 0.6) is 5.75 Å². The average molecular weight is 432 g/mol. The molecule has 1 unspecified atom stereocenters. The van der Waals surface area contributed by atoms with E-state index in [-0.39, 0.29) is 12.0 Å². The lowest BCUT2D eigenvalue weighted by atomic mass is 10.2. The largest absolute Gasteiger partial charge is 0.489 e. The predicted molar refractivity (Wildman–Crippen MR) is 119 cm³/mol. The fourth-order valence-corrected chi connectivity index (χ4v) is 4.31. The monoisotopic (exact) mass is 431 g/mol. The predicted octanol–water partition coefficient (Wildman–Crippen LogP) is 4.69. The van der Waals surface area contributed by atoms with Crippen molar-refractivity contribution in [1.82, 2.24) is 15.0 Å². The standard InChI is InChI=1S/C24H21N3O3S/c28-22(14-17-11-13-31-16-17)27-12-10-21(15-27)29-20-8-6-18(7-9-20)23-25-24(30-26-23)19-4-2-1-3-5-19/h1-9,11,13,16,21H,10,12,14-15H2. The molecule has 1 aliphatic heterocycles. The SMILES string of the molecule is O=C(Cc1ccsc1)N1CCC(Oc2ccc(-c3noc(-c4ccccc4)n3)cc2)C1. The summed E-state index contributed by atoms with van der Waals surface area (Å²) in [5.74, 6) is 1.96. The van der Waals surface area contributed by atoms with Gasteiger partial charge in [-0.1, -0.05) is 23.4 Å². The third-order valence-electron chi connectivity index (χ3n) is 5.30. The lowest BCUT2D eigenvalue weighted by Crippen LogP contribution is -2.32. The first kappa shape index (κ1) is 19.5. The van der Waals surface area contributed by atoms with Gasteiger partial charge in [-0.05, 0) is 58.8 Å². The second kappa shape index (κ2) is 8.73. The number of amides is 1. The van der Waals surface area contributed by atoms with Gasteiger partial charge in [0, 0.05) is 24.1 Å². The van der Waals surface area contributed by atoms with Crippen molar-refractivity contribution in [3.05, 3.63) is 77.0 Å². The van der Waals surface area contributed by atoms with Gasteiger partial charge in [-0.2, -0.15) is 16.3 Å². The minimum Gasteiger partial charge on any atom is -0.489 e. The molecule has 0 spiro atoms. The number of thiophene rings is 1. The Kier molecular flexibility index (Phi) is 5.50. The third-order valence-corrected chi connectivity index (χ3v) is 6.03. The fourth-order valence-electron chi connectivity index (χ4n) is 3.64. The highest BCUT2D eigenvalue weighted by Gasteiger charge is 2.27. The van der Waals surface area contributed by atoms with Crippen LogP contribution in [-0.4, -0.2) is 40.1 Å². The summed E-state index contributed by atoms with van der Waals surface area (Å²) >= 11 is 1.62.